The van der Waals surface area contributed by atoms with E-state index >= 15 is 0 Å². The summed E-state index contributed by atoms with van der Waals surface area (Å²) in [5.74, 6) is 1.64. The van der Waals surface area contributed by atoms with Gasteiger partial charge in [0.1, 0.15) is 0 Å². The molecule has 2 nitrogen and oxygen atoms in total. The molecule has 18 heavy (non-hydrogen) atoms. The third-order valence-corrected chi connectivity index (χ3v) is 4.28. The maximum absolute atomic E-state index is 8.75. The number of hydrogen-bond donors (Lipinski definition) is 2. The number of aliphatic hydroxyl groups is 1. The molecule has 0 saturated carbocycles. The van der Waals surface area contributed by atoms with Crippen molar-refractivity contribution in [3.8, 4) is 0 Å². The lowest BCUT2D eigenvalue weighted by atomic mass is 10.2. The second-order valence-electron chi connectivity index (χ2n) is 4.70. The first-order valence-electron chi connectivity index (χ1n) is 6.36. The van der Waals surface area contributed by atoms with Gasteiger partial charge in [-0.05, 0) is 36.6 Å². The smallest absolute Gasteiger partial charge is 0.0439 e. The minimum Gasteiger partial charge on any atom is -0.396 e. The van der Waals surface area contributed by atoms with E-state index in [1.54, 1.807) is 11.8 Å². The molecule has 1 aromatic rings. The molecule has 1 rings (SSSR count). The molecular weight excluding hydrogens is 310 g/mol. The Morgan fingerprint density at radius 1 is 1.39 bits per heavy atom. The van der Waals surface area contributed by atoms with E-state index in [0.29, 0.717) is 5.92 Å². The zero-order valence-electron chi connectivity index (χ0n) is 11.1. The van der Waals surface area contributed by atoms with E-state index in [2.05, 4.69) is 53.3 Å². The molecule has 0 spiro atoms. The van der Waals surface area contributed by atoms with E-state index in [-0.39, 0.29) is 6.61 Å². The molecule has 1 aromatic carbocycles. The summed E-state index contributed by atoms with van der Waals surface area (Å²) in [6.45, 7) is 6.64. The van der Waals surface area contributed by atoms with E-state index in [1.807, 2.05) is 0 Å². The van der Waals surface area contributed by atoms with Crippen molar-refractivity contribution >= 4 is 27.7 Å². The fourth-order valence-electron chi connectivity index (χ4n) is 1.51. The van der Waals surface area contributed by atoms with Crippen molar-refractivity contribution in [2.45, 2.75) is 31.7 Å². The number of thioether (sulfide) groups is 1. The van der Waals surface area contributed by atoms with Crippen LogP contribution in [-0.2, 0) is 6.54 Å². The third kappa shape index (κ3) is 6.23. The molecule has 0 fully saturated rings. The number of halogens is 1. The summed E-state index contributed by atoms with van der Waals surface area (Å²) in [4.78, 5) is 1.25. The van der Waals surface area contributed by atoms with Crippen LogP contribution in [0, 0.1) is 5.92 Å². The minimum atomic E-state index is 0.269. The van der Waals surface area contributed by atoms with Gasteiger partial charge < -0.3 is 10.4 Å². The van der Waals surface area contributed by atoms with Crippen LogP contribution in [0.4, 0.5) is 0 Å². The van der Waals surface area contributed by atoms with Gasteiger partial charge in [-0.2, -0.15) is 0 Å². The van der Waals surface area contributed by atoms with Gasteiger partial charge >= 0.3 is 0 Å². The maximum atomic E-state index is 8.75. The Labute approximate surface area is 123 Å². The van der Waals surface area contributed by atoms with Crippen LogP contribution >= 0.6 is 27.7 Å². The molecule has 102 valence electrons. The minimum absolute atomic E-state index is 0.269. The molecule has 0 bridgehead atoms. The topological polar surface area (TPSA) is 32.3 Å². The zero-order chi connectivity index (χ0) is 13.4. The summed E-state index contributed by atoms with van der Waals surface area (Å²) in [6, 6.07) is 6.48. The van der Waals surface area contributed by atoms with Crippen LogP contribution in [-0.4, -0.2) is 24.0 Å². The summed E-state index contributed by atoms with van der Waals surface area (Å²) < 4.78 is 1.16. The van der Waals surface area contributed by atoms with Gasteiger partial charge in [0.25, 0.3) is 0 Å². The van der Waals surface area contributed by atoms with E-state index < -0.39 is 0 Å². The van der Waals surface area contributed by atoms with Crippen molar-refractivity contribution in [3.63, 3.8) is 0 Å². The van der Waals surface area contributed by atoms with Crippen molar-refractivity contribution in [3.05, 3.63) is 28.2 Å². The van der Waals surface area contributed by atoms with Gasteiger partial charge in [-0.15, -0.1) is 11.8 Å². The summed E-state index contributed by atoms with van der Waals surface area (Å²) in [7, 11) is 0. The average Bonchev–Trinajstić information content (AvgIpc) is 2.32. The molecule has 0 heterocycles. The van der Waals surface area contributed by atoms with Crippen LogP contribution in [0.5, 0.6) is 0 Å². The monoisotopic (exact) mass is 331 g/mol. The maximum Gasteiger partial charge on any atom is 0.0439 e. The Kier molecular flexibility index (Phi) is 7.98. The molecule has 0 radical (unpaired) electrons. The van der Waals surface area contributed by atoms with Crippen molar-refractivity contribution in [2.24, 2.45) is 5.92 Å². The fraction of sp³-hybridized carbons (Fsp3) is 0.571. The van der Waals surface area contributed by atoms with E-state index in [4.69, 9.17) is 5.11 Å². The Bertz CT molecular complexity index is 358. The predicted octanol–water partition coefficient (Wildman–Crippen LogP) is 3.67. The highest BCUT2D eigenvalue weighted by atomic mass is 79.9. The quantitative estimate of drug-likeness (QED) is 0.563. The van der Waals surface area contributed by atoms with Crippen molar-refractivity contribution in [1.29, 1.82) is 0 Å². The van der Waals surface area contributed by atoms with Crippen LogP contribution in [0.2, 0.25) is 0 Å². The van der Waals surface area contributed by atoms with Gasteiger partial charge in [-0.25, -0.2) is 0 Å². The van der Waals surface area contributed by atoms with E-state index in [9.17, 15) is 0 Å². The second kappa shape index (κ2) is 8.97. The third-order valence-electron chi connectivity index (χ3n) is 2.46. The Morgan fingerprint density at radius 3 is 2.78 bits per heavy atom. The first-order chi connectivity index (χ1) is 8.63. The molecule has 0 aliphatic heterocycles. The lowest BCUT2D eigenvalue weighted by Crippen LogP contribution is -2.19. The first kappa shape index (κ1) is 16.0. The largest absolute Gasteiger partial charge is 0.396 e. The lowest BCUT2D eigenvalue weighted by Gasteiger charge is -2.10. The van der Waals surface area contributed by atoms with E-state index in [1.165, 1.54) is 10.5 Å². The number of rotatable bonds is 8. The molecule has 0 saturated heterocycles. The average molecular weight is 332 g/mol. The fourth-order valence-corrected chi connectivity index (χ4v) is 3.06. The molecule has 4 heteroatoms. The zero-order valence-corrected chi connectivity index (χ0v) is 13.5. The van der Waals surface area contributed by atoms with Crippen molar-refractivity contribution in [1.82, 2.24) is 5.32 Å². The van der Waals surface area contributed by atoms with Gasteiger partial charge in [0, 0.05) is 28.3 Å². The highest BCUT2D eigenvalue weighted by Gasteiger charge is 2.02. The van der Waals surface area contributed by atoms with Crippen LogP contribution in [0.25, 0.3) is 0 Å². The van der Waals surface area contributed by atoms with Gasteiger partial charge in [-0.1, -0.05) is 35.8 Å². The van der Waals surface area contributed by atoms with Crippen LogP contribution < -0.4 is 5.32 Å². The summed E-state index contributed by atoms with van der Waals surface area (Å²) in [5, 5.41) is 12.2. The van der Waals surface area contributed by atoms with Crippen LogP contribution in [0.15, 0.2) is 27.6 Å². The molecule has 0 aliphatic carbocycles. The summed E-state index contributed by atoms with van der Waals surface area (Å²) >= 11 is 5.41. The van der Waals surface area contributed by atoms with E-state index in [0.717, 1.165) is 29.7 Å². The number of hydrogen-bond acceptors (Lipinski definition) is 3. The second-order valence-corrected chi connectivity index (χ2v) is 6.73. The molecule has 0 amide bonds. The standard InChI is InChI=1S/C14H22BrNOS/c1-11(2)9-16-10-12-4-5-13(8-14(12)15)18-7-3-6-17/h4-5,8,11,16-17H,3,6-7,9-10H2,1-2H3. The van der Waals surface area contributed by atoms with Gasteiger partial charge in [0.05, 0.1) is 0 Å². The van der Waals surface area contributed by atoms with Gasteiger partial charge in [0.15, 0.2) is 0 Å². The normalized spacial score (nSPS) is 11.2. The van der Waals surface area contributed by atoms with Gasteiger partial charge in [0.2, 0.25) is 0 Å². The van der Waals surface area contributed by atoms with Crippen molar-refractivity contribution < 1.29 is 5.11 Å². The number of benzene rings is 1. The molecule has 0 unspecified atom stereocenters. The molecule has 0 aliphatic rings. The SMILES string of the molecule is CC(C)CNCc1ccc(SCCCO)cc1Br. The highest BCUT2D eigenvalue weighted by molar-refractivity contribution is 9.10. The molecular formula is C14H22BrNOS. The lowest BCUT2D eigenvalue weighted by molar-refractivity contribution is 0.296. The Morgan fingerprint density at radius 2 is 2.17 bits per heavy atom. The number of nitrogens with one attached hydrogen (secondary N) is 1. The molecule has 0 atom stereocenters. The highest BCUT2D eigenvalue weighted by Crippen LogP contribution is 2.25. The Hall–Kier alpha value is -0.0300. The van der Waals surface area contributed by atoms with Gasteiger partial charge in [-0.3, -0.25) is 0 Å². The molecule has 2 N–H and O–H groups in total. The Balaban J connectivity index is 2.46. The van der Waals surface area contributed by atoms with Crippen molar-refractivity contribution in [2.75, 3.05) is 18.9 Å². The summed E-state index contributed by atoms with van der Waals surface area (Å²) in [5.41, 5.74) is 1.29. The van der Waals surface area contributed by atoms with Crippen LogP contribution in [0.1, 0.15) is 25.8 Å². The predicted molar refractivity (Wildman–Crippen MR) is 83.1 cm³/mol. The molecule has 0 aromatic heterocycles. The summed E-state index contributed by atoms with van der Waals surface area (Å²) in [6.07, 6.45) is 0.847. The number of aliphatic hydroxyl groups excluding tert-OH is 1. The first-order valence-corrected chi connectivity index (χ1v) is 8.14. The van der Waals surface area contributed by atoms with Crippen LogP contribution in [0.3, 0.4) is 0 Å².